The van der Waals surface area contributed by atoms with E-state index in [1.807, 2.05) is 12.1 Å². The van der Waals surface area contributed by atoms with Crippen molar-refractivity contribution in [1.29, 1.82) is 0 Å². The highest BCUT2D eigenvalue weighted by molar-refractivity contribution is 5.91. The van der Waals surface area contributed by atoms with Gasteiger partial charge in [-0.1, -0.05) is 49.6 Å². The number of carbonyl (C=O) groups is 1. The van der Waals surface area contributed by atoms with E-state index in [4.69, 9.17) is 4.74 Å². The van der Waals surface area contributed by atoms with Gasteiger partial charge in [0.15, 0.2) is 0 Å². The Hall–Kier alpha value is -2.03. The molecule has 2 fully saturated rings. The fourth-order valence-electron chi connectivity index (χ4n) is 4.66. The van der Waals surface area contributed by atoms with Gasteiger partial charge in [-0.15, -0.1) is 0 Å². The molecule has 4 rings (SSSR count). The molecule has 0 radical (unpaired) electrons. The molecule has 1 saturated heterocycles. The average molecular weight is 337 g/mol. The Morgan fingerprint density at radius 1 is 1.00 bits per heavy atom. The van der Waals surface area contributed by atoms with Crippen molar-refractivity contribution in [2.24, 2.45) is 5.92 Å². The number of fused-ring (bicyclic) bond motifs is 1. The smallest absolute Gasteiger partial charge is 0.226 e. The molecule has 1 aliphatic heterocycles. The van der Waals surface area contributed by atoms with E-state index in [2.05, 4.69) is 29.2 Å². The molecule has 3 heteroatoms. The fraction of sp³-hybridized carbons (Fsp3) is 0.500. The van der Waals surface area contributed by atoms with E-state index in [0.29, 0.717) is 11.9 Å². The minimum Gasteiger partial charge on any atom is -0.496 e. The summed E-state index contributed by atoms with van der Waals surface area (Å²) in [6.45, 7) is 0.947. The van der Waals surface area contributed by atoms with Gasteiger partial charge in [-0.2, -0.15) is 0 Å². The Balaban J connectivity index is 1.55. The lowest BCUT2D eigenvalue weighted by Crippen LogP contribution is -2.39. The summed E-state index contributed by atoms with van der Waals surface area (Å²) in [4.78, 5) is 15.2. The molecule has 1 unspecified atom stereocenters. The Labute approximate surface area is 150 Å². The molecule has 2 aliphatic rings. The SMILES string of the molecule is COc1ccc(CC2CCN(C3CCCCC3)C2=O)c2ccccc12. The van der Waals surface area contributed by atoms with Crippen molar-refractivity contribution in [1.82, 2.24) is 4.90 Å². The van der Waals surface area contributed by atoms with Crippen molar-refractivity contribution in [2.45, 2.75) is 51.0 Å². The lowest BCUT2D eigenvalue weighted by atomic mass is 9.92. The number of carbonyl (C=O) groups excluding carboxylic acids is 1. The number of rotatable bonds is 4. The number of benzene rings is 2. The van der Waals surface area contributed by atoms with Crippen molar-refractivity contribution < 1.29 is 9.53 Å². The highest BCUT2D eigenvalue weighted by Crippen LogP contribution is 2.33. The number of nitrogens with zero attached hydrogens (tertiary/aromatic N) is 1. The van der Waals surface area contributed by atoms with Crippen LogP contribution in [0, 0.1) is 5.92 Å². The van der Waals surface area contributed by atoms with E-state index in [9.17, 15) is 4.79 Å². The second kappa shape index (κ2) is 7.07. The predicted octanol–water partition coefficient (Wildman–Crippen LogP) is 4.57. The van der Waals surface area contributed by atoms with Crippen molar-refractivity contribution >= 4 is 16.7 Å². The standard InChI is InChI=1S/C22H27NO2/c1-25-21-12-11-16(19-9-5-6-10-20(19)21)15-17-13-14-23(22(17)24)18-7-3-2-4-8-18/h5-6,9-12,17-18H,2-4,7-8,13-15H2,1H3. The first-order valence-corrected chi connectivity index (χ1v) is 9.63. The number of methoxy groups -OCH3 is 1. The van der Waals surface area contributed by atoms with E-state index in [1.54, 1.807) is 7.11 Å². The van der Waals surface area contributed by atoms with Gasteiger partial charge in [0.25, 0.3) is 0 Å². The summed E-state index contributed by atoms with van der Waals surface area (Å²) in [5, 5.41) is 2.35. The molecule has 1 heterocycles. The number of likely N-dealkylation sites (tertiary alicyclic amines) is 1. The van der Waals surface area contributed by atoms with E-state index in [0.717, 1.165) is 30.5 Å². The van der Waals surface area contributed by atoms with Crippen LogP contribution in [0.2, 0.25) is 0 Å². The molecule has 1 aliphatic carbocycles. The third-order valence-corrected chi connectivity index (χ3v) is 6.03. The van der Waals surface area contributed by atoms with Crippen LogP contribution >= 0.6 is 0 Å². The molecule has 1 atom stereocenters. The summed E-state index contributed by atoms with van der Waals surface area (Å²) in [5.41, 5.74) is 1.26. The van der Waals surface area contributed by atoms with Crippen molar-refractivity contribution in [3.8, 4) is 5.75 Å². The fourth-order valence-corrected chi connectivity index (χ4v) is 4.66. The van der Waals surface area contributed by atoms with Gasteiger partial charge in [-0.05, 0) is 42.7 Å². The maximum atomic E-state index is 13.0. The number of ether oxygens (including phenoxy) is 1. The van der Waals surface area contributed by atoms with E-state index in [-0.39, 0.29) is 5.92 Å². The molecule has 132 valence electrons. The third-order valence-electron chi connectivity index (χ3n) is 6.03. The first kappa shape index (κ1) is 16.4. The number of amides is 1. The van der Waals surface area contributed by atoms with Crippen molar-refractivity contribution in [3.63, 3.8) is 0 Å². The lowest BCUT2D eigenvalue weighted by Gasteiger charge is -2.31. The summed E-state index contributed by atoms with van der Waals surface area (Å²) in [6, 6.07) is 13.0. The van der Waals surface area contributed by atoms with Gasteiger partial charge >= 0.3 is 0 Å². The van der Waals surface area contributed by atoms with Gasteiger partial charge in [-0.25, -0.2) is 0 Å². The van der Waals surface area contributed by atoms with Gasteiger partial charge in [0.05, 0.1) is 7.11 Å². The molecule has 0 bridgehead atoms. The van der Waals surface area contributed by atoms with Crippen molar-refractivity contribution in [3.05, 3.63) is 42.0 Å². The normalized spacial score (nSPS) is 21.9. The van der Waals surface area contributed by atoms with Crippen LogP contribution in [0.15, 0.2) is 36.4 Å². The third kappa shape index (κ3) is 3.12. The first-order chi connectivity index (χ1) is 12.3. The van der Waals surface area contributed by atoms with Crippen LogP contribution in [0.1, 0.15) is 44.1 Å². The Kier molecular flexibility index (Phi) is 4.65. The zero-order valence-electron chi connectivity index (χ0n) is 15.0. The molecular weight excluding hydrogens is 310 g/mol. The summed E-state index contributed by atoms with van der Waals surface area (Å²) in [5.74, 6) is 1.42. The second-order valence-corrected chi connectivity index (χ2v) is 7.49. The van der Waals surface area contributed by atoms with Gasteiger partial charge in [0, 0.05) is 23.9 Å². The summed E-state index contributed by atoms with van der Waals surface area (Å²) in [6.07, 6.45) is 8.13. The maximum Gasteiger partial charge on any atom is 0.226 e. The molecule has 2 aromatic rings. The van der Waals surface area contributed by atoms with E-state index in [1.165, 1.54) is 43.1 Å². The van der Waals surface area contributed by atoms with Crippen LogP contribution in [0.25, 0.3) is 10.8 Å². The highest BCUT2D eigenvalue weighted by Gasteiger charge is 2.36. The van der Waals surface area contributed by atoms with Crippen LogP contribution in [0.4, 0.5) is 0 Å². The second-order valence-electron chi connectivity index (χ2n) is 7.49. The topological polar surface area (TPSA) is 29.5 Å². The van der Waals surface area contributed by atoms with Gasteiger partial charge in [0.2, 0.25) is 5.91 Å². The largest absolute Gasteiger partial charge is 0.496 e. The molecule has 0 N–H and O–H groups in total. The Morgan fingerprint density at radius 3 is 2.52 bits per heavy atom. The molecule has 1 amide bonds. The minimum absolute atomic E-state index is 0.138. The highest BCUT2D eigenvalue weighted by atomic mass is 16.5. The minimum atomic E-state index is 0.138. The number of hydrogen-bond donors (Lipinski definition) is 0. The van der Waals surface area contributed by atoms with E-state index < -0.39 is 0 Å². The van der Waals surface area contributed by atoms with Crippen LogP contribution in [0.3, 0.4) is 0 Å². The summed E-state index contributed by atoms with van der Waals surface area (Å²) in [7, 11) is 1.71. The van der Waals surface area contributed by atoms with Gasteiger partial charge in [0.1, 0.15) is 5.75 Å². The average Bonchev–Trinajstić information content (AvgIpc) is 3.03. The van der Waals surface area contributed by atoms with Gasteiger partial charge in [-0.3, -0.25) is 4.79 Å². The van der Waals surface area contributed by atoms with Crippen LogP contribution in [-0.2, 0) is 11.2 Å². The zero-order valence-corrected chi connectivity index (χ0v) is 15.0. The van der Waals surface area contributed by atoms with Crippen LogP contribution in [-0.4, -0.2) is 30.5 Å². The molecule has 1 saturated carbocycles. The Bertz CT molecular complexity index is 764. The summed E-state index contributed by atoms with van der Waals surface area (Å²) < 4.78 is 5.49. The quantitative estimate of drug-likeness (QED) is 0.818. The first-order valence-electron chi connectivity index (χ1n) is 9.63. The maximum absolute atomic E-state index is 13.0. The molecule has 3 nitrogen and oxygen atoms in total. The lowest BCUT2D eigenvalue weighted by molar-refractivity contribution is -0.133. The van der Waals surface area contributed by atoms with Crippen molar-refractivity contribution in [2.75, 3.05) is 13.7 Å². The monoisotopic (exact) mass is 337 g/mol. The molecular formula is C22H27NO2. The molecule has 0 spiro atoms. The molecule has 25 heavy (non-hydrogen) atoms. The molecule has 2 aromatic carbocycles. The van der Waals surface area contributed by atoms with Gasteiger partial charge < -0.3 is 9.64 Å². The van der Waals surface area contributed by atoms with E-state index >= 15 is 0 Å². The predicted molar refractivity (Wildman–Crippen MR) is 101 cm³/mol. The molecule has 0 aromatic heterocycles. The summed E-state index contributed by atoms with van der Waals surface area (Å²) >= 11 is 0. The van der Waals surface area contributed by atoms with Crippen LogP contribution in [0.5, 0.6) is 5.75 Å². The zero-order chi connectivity index (χ0) is 17.2. The Morgan fingerprint density at radius 2 is 1.76 bits per heavy atom. The number of hydrogen-bond acceptors (Lipinski definition) is 2. The van der Waals surface area contributed by atoms with Crippen LogP contribution < -0.4 is 4.74 Å².